The molecule has 0 atom stereocenters. The average Bonchev–Trinajstić information content (AvgIpc) is 2.15. The van der Waals surface area contributed by atoms with Gasteiger partial charge in [-0.05, 0) is 25.5 Å². The molecule has 1 aromatic rings. The van der Waals surface area contributed by atoms with Crippen molar-refractivity contribution in [2.75, 3.05) is 13.1 Å². The molecule has 1 N–H and O–H groups in total. The minimum atomic E-state index is 0.768. The molecule has 0 amide bonds. The van der Waals surface area contributed by atoms with Gasteiger partial charge in [0.25, 0.3) is 0 Å². The van der Waals surface area contributed by atoms with E-state index < -0.39 is 0 Å². The molecule has 1 aliphatic heterocycles. The van der Waals surface area contributed by atoms with Crippen molar-refractivity contribution in [1.29, 1.82) is 0 Å². The quantitative estimate of drug-likeness (QED) is 0.662. The second-order valence-corrected chi connectivity index (χ2v) is 3.74. The lowest BCUT2D eigenvalue weighted by molar-refractivity contribution is 0.446. The van der Waals surface area contributed by atoms with Crippen molar-refractivity contribution < 1.29 is 0 Å². The molecule has 0 radical (unpaired) electrons. The van der Waals surface area contributed by atoms with Crippen LogP contribution in [0.3, 0.4) is 0 Å². The van der Waals surface area contributed by atoms with Crippen LogP contribution in [0.5, 0.6) is 0 Å². The van der Waals surface area contributed by atoms with Crippen LogP contribution in [0, 0.1) is 13.8 Å². The van der Waals surface area contributed by atoms with Gasteiger partial charge in [-0.15, -0.1) is 0 Å². The van der Waals surface area contributed by atoms with Crippen molar-refractivity contribution in [3.05, 3.63) is 23.0 Å². The van der Waals surface area contributed by atoms with Gasteiger partial charge >= 0.3 is 0 Å². The zero-order valence-corrected chi connectivity index (χ0v) is 8.02. The van der Waals surface area contributed by atoms with Gasteiger partial charge in [0.2, 0.25) is 0 Å². The van der Waals surface area contributed by atoms with E-state index in [0.717, 1.165) is 19.0 Å². The van der Waals surface area contributed by atoms with Crippen LogP contribution >= 0.6 is 0 Å². The molecule has 2 nitrogen and oxygen atoms in total. The number of hydrogen-bond acceptors (Lipinski definition) is 1. The second-order valence-electron chi connectivity index (χ2n) is 3.74. The molecule has 0 aromatic carbocycles. The highest BCUT2D eigenvalue weighted by atomic mass is 15.0. The largest absolute Gasteiger partial charge is 0.352 e. The van der Waals surface area contributed by atoms with Crippen LogP contribution in [0.15, 0.2) is 6.07 Å². The Morgan fingerprint density at radius 2 is 2.08 bits per heavy atom. The SMILES string of the molecule is Cc1cc(C2CNC2)c(C)n1C. The molecule has 1 aromatic heterocycles. The van der Waals surface area contributed by atoms with Gasteiger partial charge in [0.1, 0.15) is 0 Å². The maximum absolute atomic E-state index is 3.31. The van der Waals surface area contributed by atoms with Crippen molar-refractivity contribution in [2.45, 2.75) is 19.8 Å². The molecule has 1 saturated heterocycles. The molecule has 0 saturated carbocycles. The van der Waals surface area contributed by atoms with Gasteiger partial charge in [-0.2, -0.15) is 0 Å². The molecule has 2 rings (SSSR count). The van der Waals surface area contributed by atoms with E-state index in [1.807, 2.05) is 0 Å². The maximum Gasteiger partial charge on any atom is 0.0179 e. The van der Waals surface area contributed by atoms with Gasteiger partial charge in [0.05, 0.1) is 0 Å². The Bertz CT molecular complexity index is 295. The summed E-state index contributed by atoms with van der Waals surface area (Å²) in [6.07, 6.45) is 0. The minimum Gasteiger partial charge on any atom is -0.352 e. The van der Waals surface area contributed by atoms with Gasteiger partial charge in [-0.1, -0.05) is 0 Å². The maximum atomic E-state index is 3.31. The number of aryl methyl sites for hydroxylation is 1. The summed E-state index contributed by atoms with van der Waals surface area (Å²) in [6.45, 7) is 6.69. The van der Waals surface area contributed by atoms with E-state index in [0.29, 0.717) is 0 Å². The molecule has 0 spiro atoms. The van der Waals surface area contributed by atoms with E-state index in [2.05, 4.69) is 36.8 Å². The fourth-order valence-electron chi connectivity index (χ4n) is 1.81. The molecule has 0 bridgehead atoms. The van der Waals surface area contributed by atoms with Gasteiger partial charge in [-0.3, -0.25) is 0 Å². The van der Waals surface area contributed by atoms with Crippen LogP contribution in [0.25, 0.3) is 0 Å². The second kappa shape index (κ2) is 2.63. The van der Waals surface area contributed by atoms with Crippen LogP contribution in [0.2, 0.25) is 0 Å². The highest BCUT2D eigenvalue weighted by Crippen LogP contribution is 2.25. The summed E-state index contributed by atoms with van der Waals surface area (Å²) in [5, 5.41) is 3.31. The van der Waals surface area contributed by atoms with Crippen molar-refractivity contribution in [3.8, 4) is 0 Å². The molecule has 2 heteroatoms. The molecule has 1 aliphatic rings. The third kappa shape index (κ3) is 0.985. The monoisotopic (exact) mass is 164 g/mol. The van der Waals surface area contributed by atoms with Crippen molar-refractivity contribution >= 4 is 0 Å². The zero-order chi connectivity index (χ0) is 8.72. The normalized spacial score (nSPS) is 17.9. The average molecular weight is 164 g/mol. The Labute approximate surface area is 73.6 Å². The molecule has 12 heavy (non-hydrogen) atoms. The van der Waals surface area contributed by atoms with Crippen molar-refractivity contribution in [1.82, 2.24) is 9.88 Å². The van der Waals surface area contributed by atoms with Crippen LogP contribution in [-0.4, -0.2) is 17.7 Å². The van der Waals surface area contributed by atoms with Gasteiger partial charge in [-0.25, -0.2) is 0 Å². The van der Waals surface area contributed by atoms with E-state index in [1.54, 1.807) is 0 Å². The van der Waals surface area contributed by atoms with Crippen molar-refractivity contribution in [3.63, 3.8) is 0 Å². The lowest BCUT2D eigenvalue weighted by atomic mass is 9.94. The molecular weight excluding hydrogens is 148 g/mol. The topological polar surface area (TPSA) is 17.0 Å². The van der Waals surface area contributed by atoms with E-state index in [-0.39, 0.29) is 0 Å². The lowest BCUT2D eigenvalue weighted by Gasteiger charge is -2.27. The fourth-order valence-corrected chi connectivity index (χ4v) is 1.81. The third-order valence-corrected chi connectivity index (χ3v) is 3.04. The summed E-state index contributed by atoms with van der Waals surface area (Å²) < 4.78 is 2.27. The minimum absolute atomic E-state index is 0.768. The number of nitrogens with zero attached hydrogens (tertiary/aromatic N) is 1. The summed E-state index contributed by atoms with van der Waals surface area (Å²) in [5.74, 6) is 0.768. The van der Waals surface area contributed by atoms with Gasteiger partial charge < -0.3 is 9.88 Å². The zero-order valence-electron chi connectivity index (χ0n) is 8.02. The highest BCUT2D eigenvalue weighted by molar-refractivity contribution is 5.31. The predicted octanol–water partition coefficient (Wildman–Crippen LogP) is 1.33. The Balaban J connectivity index is 2.36. The lowest BCUT2D eigenvalue weighted by Crippen LogP contribution is -2.40. The first-order valence-corrected chi connectivity index (χ1v) is 4.53. The number of hydrogen-bond donors (Lipinski definition) is 1. The molecule has 2 heterocycles. The smallest absolute Gasteiger partial charge is 0.0179 e. The van der Waals surface area contributed by atoms with Crippen LogP contribution < -0.4 is 5.32 Å². The van der Waals surface area contributed by atoms with Crippen molar-refractivity contribution in [2.24, 2.45) is 7.05 Å². The first kappa shape index (κ1) is 7.87. The van der Waals surface area contributed by atoms with Crippen LogP contribution in [-0.2, 0) is 7.05 Å². The molecule has 0 unspecified atom stereocenters. The summed E-state index contributed by atoms with van der Waals surface area (Å²) in [4.78, 5) is 0. The highest BCUT2D eigenvalue weighted by Gasteiger charge is 2.22. The van der Waals surface area contributed by atoms with E-state index in [9.17, 15) is 0 Å². The summed E-state index contributed by atoms with van der Waals surface area (Å²) in [7, 11) is 2.14. The Morgan fingerprint density at radius 3 is 2.42 bits per heavy atom. The predicted molar refractivity (Wildman–Crippen MR) is 50.5 cm³/mol. The summed E-state index contributed by atoms with van der Waals surface area (Å²) in [6, 6.07) is 2.32. The molecule has 66 valence electrons. The Morgan fingerprint density at radius 1 is 1.42 bits per heavy atom. The molecule has 1 fully saturated rings. The Kier molecular flexibility index (Phi) is 1.72. The fraction of sp³-hybridized carbons (Fsp3) is 0.600. The third-order valence-electron chi connectivity index (χ3n) is 3.04. The summed E-state index contributed by atoms with van der Waals surface area (Å²) in [5.41, 5.74) is 4.34. The molecule has 0 aliphatic carbocycles. The first-order chi connectivity index (χ1) is 5.70. The number of rotatable bonds is 1. The van der Waals surface area contributed by atoms with E-state index in [1.165, 1.54) is 17.0 Å². The molecular formula is C10H16N2. The number of aromatic nitrogens is 1. The van der Waals surface area contributed by atoms with Gasteiger partial charge in [0.15, 0.2) is 0 Å². The van der Waals surface area contributed by atoms with Crippen LogP contribution in [0.1, 0.15) is 22.9 Å². The standard InChI is InChI=1S/C10H16N2/c1-7-4-10(8(2)12(7)3)9-5-11-6-9/h4,9,11H,5-6H2,1-3H3. The summed E-state index contributed by atoms with van der Waals surface area (Å²) >= 11 is 0. The van der Waals surface area contributed by atoms with Gasteiger partial charge in [0, 0.05) is 37.4 Å². The first-order valence-electron chi connectivity index (χ1n) is 4.53. The van der Waals surface area contributed by atoms with Crippen LogP contribution in [0.4, 0.5) is 0 Å². The Hall–Kier alpha value is -0.760. The number of nitrogens with one attached hydrogen (secondary N) is 1. The van der Waals surface area contributed by atoms with E-state index in [4.69, 9.17) is 0 Å². The van der Waals surface area contributed by atoms with E-state index >= 15 is 0 Å².